The number of rotatable bonds is 5. The van der Waals surface area contributed by atoms with Gasteiger partial charge in [0.25, 0.3) is 0 Å². The molecular formula is C14H18BrN3O. The fourth-order valence-corrected chi connectivity index (χ4v) is 2.83. The molecule has 0 aromatic carbocycles. The van der Waals surface area contributed by atoms with E-state index in [1.54, 1.807) is 12.4 Å². The average molecular weight is 324 g/mol. The maximum Gasteiger partial charge on any atom is 0.0846 e. The van der Waals surface area contributed by atoms with Gasteiger partial charge in [-0.15, -0.1) is 0 Å². The largest absolute Gasteiger partial charge is 0.388 e. The number of aliphatic hydroxyl groups is 1. The van der Waals surface area contributed by atoms with Crippen LogP contribution in [0.15, 0.2) is 29.0 Å². The third-order valence-corrected chi connectivity index (χ3v) is 4.09. The van der Waals surface area contributed by atoms with Crippen LogP contribution >= 0.6 is 15.9 Å². The highest BCUT2D eigenvalue weighted by atomic mass is 79.9. The highest BCUT2D eigenvalue weighted by Gasteiger charge is 2.18. The second-order valence-corrected chi connectivity index (χ2v) is 5.17. The molecule has 2 rings (SSSR count). The Labute approximate surface area is 121 Å². The number of aliphatic hydroxyl groups excluding tert-OH is 1. The van der Waals surface area contributed by atoms with Crippen LogP contribution in [0.3, 0.4) is 0 Å². The van der Waals surface area contributed by atoms with Crippen LogP contribution in [-0.4, -0.2) is 19.9 Å². The standard InChI is InChI=1S/C14H18BrN3O/c1-3-11-14(15)12(18(4-2)17-11)9-13(19)10-5-7-16-8-6-10/h5-8,13,19H,3-4,9H2,1-2H3. The van der Waals surface area contributed by atoms with Gasteiger partial charge in [0.1, 0.15) is 0 Å². The number of nitrogens with zero attached hydrogens (tertiary/aromatic N) is 3. The van der Waals surface area contributed by atoms with Crippen LogP contribution in [-0.2, 0) is 19.4 Å². The van der Waals surface area contributed by atoms with Crippen molar-refractivity contribution in [3.63, 3.8) is 0 Å². The molecule has 1 unspecified atom stereocenters. The van der Waals surface area contributed by atoms with E-state index in [4.69, 9.17) is 0 Å². The minimum absolute atomic E-state index is 0.536. The fraction of sp³-hybridized carbons (Fsp3) is 0.429. The molecule has 0 saturated carbocycles. The molecule has 0 bridgehead atoms. The second kappa shape index (κ2) is 6.30. The molecule has 0 spiro atoms. The van der Waals surface area contributed by atoms with E-state index >= 15 is 0 Å². The number of aryl methyl sites for hydroxylation is 2. The lowest BCUT2D eigenvalue weighted by Gasteiger charge is -2.12. The molecule has 2 aromatic rings. The van der Waals surface area contributed by atoms with Crippen LogP contribution in [0, 0.1) is 0 Å². The van der Waals surface area contributed by atoms with E-state index in [9.17, 15) is 5.11 Å². The molecule has 19 heavy (non-hydrogen) atoms. The van der Waals surface area contributed by atoms with Crippen LogP contribution in [0.2, 0.25) is 0 Å². The molecule has 0 aliphatic rings. The van der Waals surface area contributed by atoms with Gasteiger partial charge in [0.05, 0.1) is 22.0 Å². The van der Waals surface area contributed by atoms with Gasteiger partial charge in [0.2, 0.25) is 0 Å². The Morgan fingerprint density at radius 3 is 2.58 bits per heavy atom. The van der Waals surface area contributed by atoms with Crippen molar-refractivity contribution in [1.82, 2.24) is 14.8 Å². The zero-order valence-corrected chi connectivity index (χ0v) is 12.8. The van der Waals surface area contributed by atoms with Crippen LogP contribution in [0.1, 0.15) is 36.9 Å². The predicted molar refractivity (Wildman–Crippen MR) is 77.9 cm³/mol. The molecule has 5 heteroatoms. The zero-order valence-electron chi connectivity index (χ0n) is 11.2. The third-order valence-electron chi connectivity index (χ3n) is 3.17. The molecular weight excluding hydrogens is 306 g/mol. The SMILES string of the molecule is CCc1nn(CC)c(CC(O)c2ccncc2)c1Br. The number of hydrogen-bond acceptors (Lipinski definition) is 3. The Morgan fingerprint density at radius 2 is 2.00 bits per heavy atom. The fourth-order valence-electron chi connectivity index (χ4n) is 2.10. The first kappa shape index (κ1) is 14.2. The summed E-state index contributed by atoms with van der Waals surface area (Å²) >= 11 is 3.60. The number of pyridine rings is 1. The van der Waals surface area contributed by atoms with Gasteiger partial charge in [-0.05, 0) is 47.0 Å². The van der Waals surface area contributed by atoms with Gasteiger partial charge in [0, 0.05) is 25.4 Å². The molecule has 2 aromatic heterocycles. The molecule has 1 N–H and O–H groups in total. The monoisotopic (exact) mass is 323 g/mol. The summed E-state index contributed by atoms with van der Waals surface area (Å²) in [4.78, 5) is 3.97. The molecule has 102 valence electrons. The highest BCUT2D eigenvalue weighted by molar-refractivity contribution is 9.10. The molecule has 0 aliphatic carbocycles. The molecule has 4 nitrogen and oxygen atoms in total. The molecule has 0 aliphatic heterocycles. The number of halogens is 1. The summed E-state index contributed by atoms with van der Waals surface area (Å²) in [5.41, 5.74) is 2.96. The van der Waals surface area contributed by atoms with Gasteiger partial charge in [-0.25, -0.2) is 0 Å². The van der Waals surface area contributed by atoms with E-state index in [0.29, 0.717) is 6.42 Å². The van der Waals surface area contributed by atoms with E-state index in [2.05, 4.69) is 39.9 Å². The van der Waals surface area contributed by atoms with Crippen molar-refractivity contribution < 1.29 is 5.11 Å². The van der Waals surface area contributed by atoms with E-state index in [1.165, 1.54) is 0 Å². The summed E-state index contributed by atoms with van der Waals surface area (Å²) in [6, 6.07) is 3.68. The Kier molecular flexibility index (Phi) is 4.71. The van der Waals surface area contributed by atoms with Crippen LogP contribution < -0.4 is 0 Å². The van der Waals surface area contributed by atoms with Gasteiger partial charge in [-0.3, -0.25) is 9.67 Å². The predicted octanol–water partition coefficient (Wildman–Crippen LogP) is 2.90. The summed E-state index contributed by atoms with van der Waals surface area (Å²) in [5, 5.41) is 14.9. The molecule has 0 fully saturated rings. The summed E-state index contributed by atoms with van der Waals surface area (Å²) in [7, 11) is 0. The molecule has 2 heterocycles. The Morgan fingerprint density at radius 1 is 1.32 bits per heavy atom. The van der Waals surface area contributed by atoms with Gasteiger partial charge >= 0.3 is 0 Å². The van der Waals surface area contributed by atoms with Crippen LogP contribution in [0.5, 0.6) is 0 Å². The van der Waals surface area contributed by atoms with E-state index in [-0.39, 0.29) is 0 Å². The maximum atomic E-state index is 10.3. The van der Waals surface area contributed by atoms with Gasteiger partial charge in [0.15, 0.2) is 0 Å². The summed E-state index contributed by atoms with van der Waals surface area (Å²) in [5.74, 6) is 0. The lowest BCUT2D eigenvalue weighted by molar-refractivity contribution is 0.175. The average Bonchev–Trinajstić information content (AvgIpc) is 2.76. The summed E-state index contributed by atoms with van der Waals surface area (Å²) in [6.45, 7) is 4.94. The van der Waals surface area contributed by atoms with Crippen LogP contribution in [0.25, 0.3) is 0 Å². The normalized spacial score (nSPS) is 12.6. The Hall–Kier alpha value is -1.20. The summed E-state index contributed by atoms with van der Waals surface area (Å²) < 4.78 is 2.97. The minimum Gasteiger partial charge on any atom is -0.388 e. The van der Waals surface area contributed by atoms with Crippen molar-refractivity contribution in [2.24, 2.45) is 0 Å². The molecule has 0 saturated heterocycles. The van der Waals surface area contributed by atoms with Crippen molar-refractivity contribution in [3.05, 3.63) is 46.0 Å². The van der Waals surface area contributed by atoms with Crippen molar-refractivity contribution in [2.75, 3.05) is 0 Å². The maximum absolute atomic E-state index is 10.3. The number of hydrogen-bond donors (Lipinski definition) is 1. The zero-order chi connectivity index (χ0) is 13.8. The molecule has 0 amide bonds. The Bertz CT molecular complexity index is 539. The quantitative estimate of drug-likeness (QED) is 0.920. The van der Waals surface area contributed by atoms with Gasteiger partial charge in [-0.1, -0.05) is 6.92 Å². The van der Waals surface area contributed by atoms with Crippen LogP contribution in [0.4, 0.5) is 0 Å². The topological polar surface area (TPSA) is 50.9 Å². The first-order chi connectivity index (χ1) is 9.17. The lowest BCUT2D eigenvalue weighted by Crippen LogP contribution is -2.09. The molecule has 0 radical (unpaired) electrons. The van der Waals surface area contributed by atoms with Gasteiger partial charge in [-0.2, -0.15) is 5.10 Å². The first-order valence-electron chi connectivity index (χ1n) is 6.49. The first-order valence-corrected chi connectivity index (χ1v) is 7.28. The van der Waals surface area contributed by atoms with E-state index < -0.39 is 6.10 Å². The van der Waals surface area contributed by atoms with Crippen molar-refractivity contribution in [2.45, 2.75) is 39.3 Å². The summed E-state index contributed by atoms with van der Waals surface area (Å²) in [6.07, 6.45) is 4.29. The van der Waals surface area contributed by atoms with Crippen molar-refractivity contribution in [3.8, 4) is 0 Å². The lowest BCUT2D eigenvalue weighted by atomic mass is 10.1. The third kappa shape index (κ3) is 3.04. The molecule has 1 atom stereocenters. The Balaban J connectivity index is 2.26. The van der Waals surface area contributed by atoms with E-state index in [0.717, 1.165) is 34.4 Å². The van der Waals surface area contributed by atoms with Crippen molar-refractivity contribution in [1.29, 1.82) is 0 Å². The smallest absolute Gasteiger partial charge is 0.0846 e. The van der Waals surface area contributed by atoms with E-state index in [1.807, 2.05) is 16.8 Å². The van der Waals surface area contributed by atoms with Gasteiger partial charge < -0.3 is 5.11 Å². The number of aromatic nitrogens is 3. The minimum atomic E-state index is -0.536. The highest BCUT2D eigenvalue weighted by Crippen LogP contribution is 2.27. The second-order valence-electron chi connectivity index (χ2n) is 4.38. The van der Waals surface area contributed by atoms with Crippen molar-refractivity contribution >= 4 is 15.9 Å².